The summed E-state index contributed by atoms with van der Waals surface area (Å²) in [5.74, 6) is 3.27. The maximum absolute atomic E-state index is 5.73. The van der Waals surface area contributed by atoms with Gasteiger partial charge >= 0.3 is 5.96 Å². The van der Waals surface area contributed by atoms with Gasteiger partial charge in [-0.15, -0.1) is 6.42 Å². The first-order chi connectivity index (χ1) is 5.13. The van der Waals surface area contributed by atoms with E-state index in [9.17, 15) is 0 Å². The maximum atomic E-state index is 5.73. The molecule has 0 saturated heterocycles. The minimum absolute atomic E-state index is 0. The molecule has 0 aliphatic rings. The van der Waals surface area contributed by atoms with E-state index in [-0.39, 0.29) is 24.0 Å². The van der Waals surface area contributed by atoms with Crippen LogP contribution >= 0.6 is 0 Å². The molecule has 0 aromatic rings. The predicted molar refractivity (Wildman–Crippen MR) is 47.4 cm³/mol. The molecule has 70 valence electrons. The van der Waals surface area contributed by atoms with Gasteiger partial charge in [0.05, 0.1) is 20.6 Å². The first-order valence-corrected chi connectivity index (χ1v) is 3.61. The third-order valence-electron chi connectivity index (χ3n) is 1.45. The van der Waals surface area contributed by atoms with Crippen LogP contribution in [0.3, 0.4) is 0 Å². The van der Waals surface area contributed by atoms with E-state index in [4.69, 9.17) is 12.2 Å². The predicted octanol–water partition coefficient (Wildman–Crippen LogP) is -3.47. The second-order valence-electron chi connectivity index (χ2n) is 2.47. The van der Waals surface area contributed by atoms with Crippen molar-refractivity contribution in [3.05, 3.63) is 0 Å². The van der Waals surface area contributed by atoms with Gasteiger partial charge in [-0.1, -0.05) is 5.92 Å². The van der Waals surface area contributed by atoms with E-state index in [1.165, 1.54) is 0 Å². The highest BCUT2D eigenvalue weighted by Gasteiger charge is 2.10. The van der Waals surface area contributed by atoms with Gasteiger partial charge in [0.15, 0.2) is 0 Å². The summed E-state index contributed by atoms with van der Waals surface area (Å²) in [6.07, 6.45) is 5.16. The Morgan fingerprint density at radius 1 is 1.58 bits per heavy atom. The van der Waals surface area contributed by atoms with Crippen LogP contribution in [0.25, 0.3) is 0 Å². The van der Waals surface area contributed by atoms with E-state index >= 15 is 0 Å². The van der Waals surface area contributed by atoms with Crippen LogP contribution in [-0.4, -0.2) is 42.6 Å². The van der Waals surface area contributed by atoms with Gasteiger partial charge in [0.1, 0.15) is 6.54 Å². The molecule has 4 heteroatoms. The van der Waals surface area contributed by atoms with E-state index in [2.05, 4.69) is 5.92 Å². The molecule has 0 aliphatic carbocycles. The molecule has 12 heavy (non-hydrogen) atoms. The summed E-state index contributed by atoms with van der Waals surface area (Å²) in [4.78, 5) is 1.93. The lowest BCUT2D eigenvalue weighted by atomic mass is 10.5. The topological polar surface area (TPSA) is 32.3 Å². The van der Waals surface area contributed by atoms with Gasteiger partial charge < -0.3 is 24.0 Å². The van der Waals surface area contributed by atoms with Crippen molar-refractivity contribution in [2.45, 2.75) is 6.92 Å². The zero-order valence-electron chi connectivity index (χ0n) is 7.84. The molecule has 0 aromatic heterocycles. The van der Waals surface area contributed by atoms with E-state index in [0.29, 0.717) is 12.5 Å². The third kappa shape index (κ3) is 4.44. The highest BCUT2D eigenvalue weighted by molar-refractivity contribution is 5.73. The van der Waals surface area contributed by atoms with Crippen LogP contribution in [0.5, 0.6) is 0 Å². The van der Waals surface area contributed by atoms with Gasteiger partial charge in [-0.25, -0.2) is 0 Å². The average Bonchev–Trinajstić information content (AvgIpc) is 1.98. The van der Waals surface area contributed by atoms with Crippen molar-refractivity contribution in [1.82, 2.24) is 4.90 Å². The standard InChI is InChI=1S/C8H15N3.HI/c1-5-7-11(6-2)8(9)10(3)4;/h1,9H,6-7H2,2-4H3;1H. The molecule has 0 fully saturated rings. The molecule has 3 nitrogen and oxygen atoms in total. The second kappa shape index (κ2) is 7.22. The zero-order chi connectivity index (χ0) is 8.85. The number of rotatable bonds is 2. The Hall–Kier alpha value is -0.440. The fraction of sp³-hybridized carbons (Fsp3) is 0.625. The minimum Gasteiger partial charge on any atom is -1.00 e. The normalized spacial score (nSPS) is 7.83. The van der Waals surface area contributed by atoms with E-state index in [0.717, 1.165) is 6.54 Å². The van der Waals surface area contributed by atoms with Gasteiger partial charge in [0.2, 0.25) is 0 Å². The lowest BCUT2D eigenvalue weighted by Gasteiger charge is -2.13. The molecule has 2 N–H and O–H groups in total. The molecule has 0 rings (SSSR count). The molecule has 0 heterocycles. The third-order valence-corrected chi connectivity index (χ3v) is 1.45. The molecule has 0 unspecified atom stereocenters. The molecule has 0 aliphatic heterocycles. The monoisotopic (exact) mass is 281 g/mol. The summed E-state index contributed by atoms with van der Waals surface area (Å²) >= 11 is 0. The molecular weight excluding hydrogens is 265 g/mol. The van der Waals surface area contributed by atoms with E-state index in [1.807, 2.05) is 30.5 Å². The van der Waals surface area contributed by atoms with Crippen molar-refractivity contribution in [2.24, 2.45) is 5.73 Å². The van der Waals surface area contributed by atoms with Crippen molar-refractivity contribution >= 4 is 5.96 Å². The van der Waals surface area contributed by atoms with E-state index in [1.54, 1.807) is 0 Å². The number of guanidine groups is 1. The number of nitrogens with zero attached hydrogens (tertiary/aromatic N) is 2. The van der Waals surface area contributed by atoms with Crippen molar-refractivity contribution in [3.63, 3.8) is 0 Å². The summed E-state index contributed by atoms with van der Waals surface area (Å²) in [7, 11) is 3.79. The number of hydrogen-bond acceptors (Lipinski definition) is 0. The average molecular weight is 281 g/mol. The number of nitrogens with two attached hydrogens (primary N) is 1. The highest BCUT2D eigenvalue weighted by atomic mass is 127. The molecule has 0 atom stereocenters. The lowest BCUT2D eigenvalue weighted by Crippen LogP contribution is -3.00. The van der Waals surface area contributed by atoms with Crippen LogP contribution in [0.4, 0.5) is 0 Å². The first-order valence-electron chi connectivity index (χ1n) is 3.61. The lowest BCUT2D eigenvalue weighted by molar-refractivity contribution is -0.471. The first kappa shape index (κ1) is 14.1. The Morgan fingerprint density at radius 2 is 2.08 bits per heavy atom. The van der Waals surface area contributed by atoms with Crippen molar-refractivity contribution in [2.75, 3.05) is 27.2 Å². The SMILES string of the molecule is C#CCN(CC)C(N)=[N+](C)C.[I-]. The second-order valence-corrected chi connectivity index (χ2v) is 2.47. The molecule has 0 bridgehead atoms. The molecular formula is C8H16IN3. The van der Waals surface area contributed by atoms with Crippen LogP contribution in [-0.2, 0) is 0 Å². The number of terminal acetylenes is 1. The molecule has 0 saturated carbocycles. The van der Waals surface area contributed by atoms with Gasteiger partial charge in [0.25, 0.3) is 0 Å². The van der Waals surface area contributed by atoms with Gasteiger partial charge in [0, 0.05) is 0 Å². The Bertz CT molecular complexity index is 189. The summed E-state index contributed by atoms with van der Waals surface area (Å²) in [5.41, 5.74) is 5.73. The zero-order valence-corrected chi connectivity index (χ0v) is 10.00. The van der Waals surface area contributed by atoms with Crippen LogP contribution in [0, 0.1) is 12.3 Å². The smallest absolute Gasteiger partial charge is 0.346 e. The van der Waals surface area contributed by atoms with Gasteiger partial charge in [-0.05, 0) is 6.92 Å². The Morgan fingerprint density at radius 3 is 2.33 bits per heavy atom. The quantitative estimate of drug-likeness (QED) is 0.188. The van der Waals surface area contributed by atoms with Crippen LogP contribution in [0.2, 0.25) is 0 Å². The van der Waals surface area contributed by atoms with Crippen LogP contribution in [0.1, 0.15) is 6.92 Å². The van der Waals surface area contributed by atoms with Crippen LogP contribution < -0.4 is 29.7 Å². The fourth-order valence-electron chi connectivity index (χ4n) is 0.748. The minimum atomic E-state index is 0. The Labute approximate surface area is 91.6 Å². The highest BCUT2D eigenvalue weighted by Crippen LogP contribution is 1.83. The van der Waals surface area contributed by atoms with Gasteiger partial charge in [-0.3, -0.25) is 15.2 Å². The number of hydrogen-bond donors (Lipinski definition) is 1. The van der Waals surface area contributed by atoms with Gasteiger partial charge in [-0.2, -0.15) is 0 Å². The summed E-state index contributed by atoms with van der Waals surface area (Å²) < 4.78 is 1.85. The van der Waals surface area contributed by atoms with Crippen molar-refractivity contribution in [3.8, 4) is 12.3 Å². The van der Waals surface area contributed by atoms with Crippen LogP contribution in [0.15, 0.2) is 0 Å². The Kier molecular flexibility index (Phi) is 8.49. The largest absolute Gasteiger partial charge is 1.00 e. The fourth-order valence-corrected chi connectivity index (χ4v) is 0.748. The summed E-state index contributed by atoms with van der Waals surface area (Å²) in [6, 6.07) is 0. The molecule has 0 radical (unpaired) electrons. The number of halogens is 1. The summed E-state index contributed by atoms with van der Waals surface area (Å²) in [6.45, 7) is 3.43. The Balaban J connectivity index is 0. The van der Waals surface area contributed by atoms with Crippen molar-refractivity contribution < 1.29 is 28.6 Å². The summed E-state index contributed by atoms with van der Waals surface area (Å²) in [5, 5.41) is 0. The molecule has 0 aromatic carbocycles. The van der Waals surface area contributed by atoms with Crippen molar-refractivity contribution in [1.29, 1.82) is 0 Å². The maximum Gasteiger partial charge on any atom is 0.346 e. The van der Waals surface area contributed by atoms with E-state index < -0.39 is 0 Å². The molecule has 0 spiro atoms. The molecule has 0 amide bonds.